The zero-order valence-electron chi connectivity index (χ0n) is 5.16. The Hall–Kier alpha value is -0.900. The molecule has 0 aromatic rings. The van der Waals surface area contributed by atoms with Crippen molar-refractivity contribution in [1.29, 1.82) is 0 Å². The van der Waals surface area contributed by atoms with Crippen LogP contribution in [0.25, 0.3) is 0 Å². The molecule has 0 amide bonds. The van der Waals surface area contributed by atoms with E-state index in [2.05, 4.69) is 4.74 Å². The molecule has 1 aliphatic rings. The standard InChI is InChI=1S/C6H7FO3/c7-3-5-4(8)1-2-6(9)10-5/h1-2,4-5,8H,3H2. The SMILES string of the molecule is O=C1C=CC(O)C(CF)O1. The smallest absolute Gasteiger partial charge is 0.330 e. The van der Waals surface area contributed by atoms with Crippen molar-refractivity contribution in [3.05, 3.63) is 12.2 Å². The van der Waals surface area contributed by atoms with Gasteiger partial charge in [-0.15, -0.1) is 0 Å². The van der Waals surface area contributed by atoms with Crippen LogP contribution in [0.1, 0.15) is 0 Å². The number of esters is 1. The first-order valence-electron chi connectivity index (χ1n) is 2.87. The highest BCUT2D eigenvalue weighted by Gasteiger charge is 2.24. The molecule has 0 fully saturated rings. The second kappa shape index (κ2) is 2.79. The maximum atomic E-state index is 11.8. The predicted molar refractivity (Wildman–Crippen MR) is 31.0 cm³/mol. The lowest BCUT2D eigenvalue weighted by Crippen LogP contribution is -2.34. The average molecular weight is 146 g/mol. The molecule has 0 aromatic carbocycles. The molecular weight excluding hydrogens is 139 g/mol. The molecule has 0 bridgehead atoms. The minimum absolute atomic E-state index is 0.604. The summed E-state index contributed by atoms with van der Waals surface area (Å²) in [7, 11) is 0. The molecular formula is C6H7FO3. The van der Waals surface area contributed by atoms with Gasteiger partial charge in [0.1, 0.15) is 12.8 Å². The lowest BCUT2D eigenvalue weighted by molar-refractivity contribution is -0.150. The monoisotopic (exact) mass is 146 g/mol. The molecule has 0 spiro atoms. The molecule has 0 aromatic heterocycles. The Morgan fingerprint density at radius 1 is 1.80 bits per heavy atom. The molecule has 56 valence electrons. The van der Waals surface area contributed by atoms with Crippen LogP contribution < -0.4 is 0 Å². The number of aliphatic hydroxyl groups is 1. The minimum atomic E-state index is -1.02. The second-order valence-corrected chi connectivity index (χ2v) is 1.98. The van der Waals surface area contributed by atoms with Crippen molar-refractivity contribution in [2.75, 3.05) is 6.67 Å². The number of hydrogen-bond donors (Lipinski definition) is 1. The van der Waals surface area contributed by atoms with Crippen LogP contribution in [0.3, 0.4) is 0 Å². The molecule has 2 atom stereocenters. The van der Waals surface area contributed by atoms with Gasteiger partial charge in [-0.25, -0.2) is 9.18 Å². The highest BCUT2D eigenvalue weighted by Crippen LogP contribution is 2.08. The van der Waals surface area contributed by atoms with Crippen molar-refractivity contribution < 1.29 is 19.0 Å². The van der Waals surface area contributed by atoms with Crippen LogP contribution in [0.2, 0.25) is 0 Å². The zero-order valence-corrected chi connectivity index (χ0v) is 5.16. The quantitative estimate of drug-likeness (QED) is 0.521. The van der Waals surface area contributed by atoms with Crippen LogP contribution in [0.15, 0.2) is 12.2 Å². The Bertz CT molecular complexity index is 166. The Labute approximate surface area is 57.1 Å². The number of ether oxygens (including phenoxy) is 1. The molecule has 4 heteroatoms. The second-order valence-electron chi connectivity index (χ2n) is 1.98. The summed E-state index contributed by atoms with van der Waals surface area (Å²) in [5.41, 5.74) is 0. The topological polar surface area (TPSA) is 46.5 Å². The van der Waals surface area contributed by atoms with E-state index < -0.39 is 24.9 Å². The van der Waals surface area contributed by atoms with Crippen LogP contribution in [0.4, 0.5) is 4.39 Å². The van der Waals surface area contributed by atoms with Gasteiger partial charge < -0.3 is 9.84 Å². The lowest BCUT2D eigenvalue weighted by Gasteiger charge is -2.20. The number of halogens is 1. The molecule has 1 rings (SSSR count). The van der Waals surface area contributed by atoms with E-state index in [0.29, 0.717) is 0 Å². The maximum absolute atomic E-state index is 11.8. The molecule has 0 saturated heterocycles. The fourth-order valence-corrected chi connectivity index (χ4v) is 0.682. The first kappa shape index (κ1) is 7.21. The van der Waals surface area contributed by atoms with Gasteiger partial charge in [-0.05, 0) is 6.08 Å². The van der Waals surface area contributed by atoms with Gasteiger partial charge in [0.15, 0.2) is 6.10 Å². The molecule has 10 heavy (non-hydrogen) atoms. The van der Waals surface area contributed by atoms with Crippen LogP contribution >= 0.6 is 0 Å². The van der Waals surface area contributed by atoms with E-state index in [1.807, 2.05) is 0 Å². The van der Waals surface area contributed by atoms with E-state index in [1.165, 1.54) is 6.08 Å². The minimum Gasteiger partial charge on any atom is -0.453 e. The molecule has 3 nitrogen and oxygen atoms in total. The molecule has 0 aliphatic carbocycles. The van der Waals surface area contributed by atoms with E-state index >= 15 is 0 Å². The van der Waals surface area contributed by atoms with Gasteiger partial charge in [0.05, 0.1) is 0 Å². The third-order valence-electron chi connectivity index (χ3n) is 1.23. The molecule has 0 radical (unpaired) electrons. The third kappa shape index (κ3) is 1.33. The molecule has 0 saturated carbocycles. The average Bonchev–Trinajstić information content (AvgIpc) is 1.94. The van der Waals surface area contributed by atoms with Gasteiger partial charge in [-0.1, -0.05) is 0 Å². The van der Waals surface area contributed by atoms with Gasteiger partial charge in [0, 0.05) is 6.08 Å². The van der Waals surface area contributed by atoms with Gasteiger partial charge in [-0.2, -0.15) is 0 Å². The van der Waals surface area contributed by atoms with Gasteiger partial charge in [-0.3, -0.25) is 0 Å². The normalized spacial score (nSPS) is 32.0. The highest BCUT2D eigenvalue weighted by atomic mass is 19.1. The van der Waals surface area contributed by atoms with Gasteiger partial charge >= 0.3 is 5.97 Å². The van der Waals surface area contributed by atoms with E-state index in [0.717, 1.165) is 6.08 Å². The molecule has 1 N–H and O–H groups in total. The van der Waals surface area contributed by atoms with Crippen molar-refractivity contribution in [1.82, 2.24) is 0 Å². The first-order valence-corrected chi connectivity index (χ1v) is 2.87. The third-order valence-corrected chi connectivity index (χ3v) is 1.23. The Morgan fingerprint density at radius 2 is 2.50 bits per heavy atom. The van der Waals surface area contributed by atoms with Crippen molar-refractivity contribution >= 4 is 5.97 Å². The fraction of sp³-hybridized carbons (Fsp3) is 0.500. The summed E-state index contributed by atoms with van der Waals surface area (Å²) in [5, 5.41) is 8.88. The van der Waals surface area contributed by atoms with Crippen molar-refractivity contribution in [2.45, 2.75) is 12.2 Å². The number of carbonyl (C=O) groups is 1. The summed E-state index contributed by atoms with van der Waals surface area (Å²) in [6, 6.07) is 0. The van der Waals surface area contributed by atoms with E-state index in [-0.39, 0.29) is 0 Å². The Morgan fingerprint density at radius 3 is 3.00 bits per heavy atom. The highest BCUT2D eigenvalue weighted by molar-refractivity contribution is 5.83. The van der Waals surface area contributed by atoms with Gasteiger partial charge in [0.2, 0.25) is 0 Å². The van der Waals surface area contributed by atoms with Crippen LogP contribution in [0.5, 0.6) is 0 Å². The van der Waals surface area contributed by atoms with Crippen LogP contribution in [-0.4, -0.2) is 30.0 Å². The summed E-state index contributed by atoms with van der Waals surface area (Å²) in [5.74, 6) is -0.604. The number of alkyl halides is 1. The van der Waals surface area contributed by atoms with Gasteiger partial charge in [0.25, 0.3) is 0 Å². The fourth-order valence-electron chi connectivity index (χ4n) is 0.682. The van der Waals surface area contributed by atoms with Crippen molar-refractivity contribution in [3.8, 4) is 0 Å². The van der Waals surface area contributed by atoms with E-state index in [4.69, 9.17) is 5.11 Å². The summed E-state index contributed by atoms with van der Waals surface area (Å²) >= 11 is 0. The summed E-state index contributed by atoms with van der Waals surface area (Å²) in [4.78, 5) is 10.4. The number of cyclic esters (lactones) is 1. The van der Waals surface area contributed by atoms with Crippen LogP contribution in [0, 0.1) is 0 Å². The van der Waals surface area contributed by atoms with Crippen molar-refractivity contribution in [3.63, 3.8) is 0 Å². The Balaban J connectivity index is 2.62. The molecule has 1 heterocycles. The summed E-state index contributed by atoms with van der Waals surface area (Å²) < 4.78 is 16.2. The number of rotatable bonds is 1. The van der Waals surface area contributed by atoms with Crippen LogP contribution in [-0.2, 0) is 9.53 Å². The number of carbonyl (C=O) groups excluding carboxylic acids is 1. The van der Waals surface area contributed by atoms with Crippen molar-refractivity contribution in [2.24, 2.45) is 0 Å². The maximum Gasteiger partial charge on any atom is 0.330 e. The first-order chi connectivity index (χ1) is 4.74. The largest absolute Gasteiger partial charge is 0.453 e. The summed E-state index contributed by atoms with van der Waals surface area (Å²) in [6.07, 6.45) is 0.285. The lowest BCUT2D eigenvalue weighted by atomic mass is 10.2. The van der Waals surface area contributed by atoms with E-state index in [9.17, 15) is 9.18 Å². The Kier molecular flexibility index (Phi) is 2.01. The zero-order chi connectivity index (χ0) is 7.56. The number of aliphatic hydroxyl groups excluding tert-OH is 1. The summed E-state index contributed by atoms with van der Waals surface area (Å²) in [6.45, 7) is -0.850. The predicted octanol–water partition coefficient (Wildman–Crippen LogP) is -0.202. The van der Waals surface area contributed by atoms with E-state index in [1.54, 1.807) is 0 Å². The molecule has 1 aliphatic heterocycles. The molecule has 2 unspecified atom stereocenters. The number of hydrogen-bond acceptors (Lipinski definition) is 3.